The molecule has 2 N–H and O–H groups in total. The molecule has 1 atom stereocenters. The highest BCUT2D eigenvalue weighted by atomic mass is 32.1. The molecular formula is C15H17FN2O2S. The van der Waals surface area contributed by atoms with Crippen LogP contribution in [0.1, 0.15) is 38.1 Å². The van der Waals surface area contributed by atoms with Crippen LogP contribution in [0.2, 0.25) is 0 Å². The zero-order valence-electron chi connectivity index (χ0n) is 12.1. The number of aliphatic carboxylic acids is 1. The first-order valence-corrected chi connectivity index (χ1v) is 7.40. The molecule has 0 saturated carbocycles. The lowest BCUT2D eigenvalue weighted by Gasteiger charge is -2.16. The van der Waals surface area contributed by atoms with E-state index in [1.807, 2.05) is 6.92 Å². The Morgan fingerprint density at radius 1 is 1.38 bits per heavy atom. The number of nitrogens with one attached hydrogen (secondary N) is 1. The summed E-state index contributed by atoms with van der Waals surface area (Å²) in [6, 6.07) is 6.20. The molecule has 21 heavy (non-hydrogen) atoms. The summed E-state index contributed by atoms with van der Waals surface area (Å²) < 4.78 is 12.9. The van der Waals surface area contributed by atoms with Crippen molar-refractivity contribution >= 4 is 22.4 Å². The summed E-state index contributed by atoms with van der Waals surface area (Å²) in [5.41, 5.74) is 0.440. The normalized spacial score (nSPS) is 13.0. The summed E-state index contributed by atoms with van der Waals surface area (Å²) in [5, 5.41) is 14.8. The van der Waals surface area contributed by atoms with Crippen LogP contribution < -0.4 is 5.32 Å². The first-order valence-electron chi connectivity index (χ1n) is 6.52. The monoisotopic (exact) mass is 308 g/mol. The predicted octanol–water partition coefficient (Wildman–Crippen LogP) is 3.82. The lowest BCUT2D eigenvalue weighted by molar-refractivity contribution is -0.142. The van der Waals surface area contributed by atoms with E-state index in [1.165, 1.54) is 23.5 Å². The van der Waals surface area contributed by atoms with Crippen molar-refractivity contribution in [1.82, 2.24) is 4.98 Å². The molecule has 0 fully saturated rings. The Labute approximate surface area is 126 Å². The van der Waals surface area contributed by atoms with Gasteiger partial charge in [-0.2, -0.15) is 0 Å². The van der Waals surface area contributed by atoms with Crippen LogP contribution in [0.3, 0.4) is 0 Å². The Kier molecular flexibility index (Phi) is 4.27. The van der Waals surface area contributed by atoms with Gasteiger partial charge in [0.25, 0.3) is 0 Å². The molecule has 0 spiro atoms. The molecule has 2 rings (SSSR count). The topological polar surface area (TPSA) is 62.2 Å². The Morgan fingerprint density at radius 3 is 2.57 bits per heavy atom. The van der Waals surface area contributed by atoms with Crippen LogP contribution in [-0.2, 0) is 10.2 Å². The van der Waals surface area contributed by atoms with Crippen LogP contribution in [0.4, 0.5) is 9.52 Å². The largest absolute Gasteiger partial charge is 0.481 e. The second-order valence-electron chi connectivity index (χ2n) is 5.39. The van der Waals surface area contributed by atoms with E-state index in [-0.39, 0.29) is 11.9 Å². The maximum absolute atomic E-state index is 12.9. The van der Waals surface area contributed by atoms with Gasteiger partial charge in [0, 0.05) is 5.38 Å². The standard InChI is InChI=1S/C15H17FN2O2S/c1-9(10-4-6-11(16)7-5-10)17-14-18-12(8-21-14)15(2,3)13(19)20/h4-9H,1-3H3,(H,17,18)(H,19,20). The summed E-state index contributed by atoms with van der Waals surface area (Å²) in [6.45, 7) is 5.19. The number of halogens is 1. The summed E-state index contributed by atoms with van der Waals surface area (Å²) in [6.07, 6.45) is 0. The second-order valence-corrected chi connectivity index (χ2v) is 6.24. The molecule has 6 heteroatoms. The molecular weight excluding hydrogens is 291 g/mol. The van der Waals surface area contributed by atoms with Crippen molar-refractivity contribution in [3.63, 3.8) is 0 Å². The number of carboxylic acids is 1. The maximum Gasteiger partial charge on any atom is 0.315 e. The van der Waals surface area contributed by atoms with Crippen LogP contribution >= 0.6 is 11.3 Å². The average molecular weight is 308 g/mol. The van der Waals surface area contributed by atoms with E-state index in [0.29, 0.717) is 10.8 Å². The van der Waals surface area contributed by atoms with E-state index in [9.17, 15) is 14.3 Å². The van der Waals surface area contributed by atoms with Crippen molar-refractivity contribution in [1.29, 1.82) is 0 Å². The van der Waals surface area contributed by atoms with Crippen molar-refractivity contribution in [2.75, 3.05) is 5.32 Å². The Hall–Kier alpha value is -1.95. The first kappa shape index (κ1) is 15.4. The summed E-state index contributed by atoms with van der Waals surface area (Å²) in [7, 11) is 0. The average Bonchev–Trinajstić information content (AvgIpc) is 2.88. The molecule has 1 heterocycles. The minimum Gasteiger partial charge on any atom is -0.481 e. The zero-order valence-corrected chi connectivity index (χ0v) is 12.9. The number of rotatable bonds is 5. The zero-order chi connectivity index (χ0) is 15.6. The fourth-order valence-corrected chi connectivity index (χ4v) is 2.72. The first-order chi connectivity index (χ1) is 9.80. The van der Waals surface area contributed by atoms with E-state index >= 15 is 0 Å². The minimum atomic E-state index is -1.02. The van der Waals surface area contributed by atoms with Gasteiger partial charge in [0.1, 0.15) is 11.2 Å². The third-order valence-electron chi connectivity index (χ3n) is 3.39. The summed E-state index contributed by atoms with van der Waals surface area (Å²) in [4.78, 5) is 15.6. The van der Waals surface area contributed by atoms with Crippen molar-refractivity contribution in [3.05, 3.63) is 46.7 Å². The van der Waals surface area contributed by atoms with E-state index < -0.39 is 11.4 Å². The van der Waals surface area contributed by atoms with E-state index in [1.54, 1.807) is 31.4 Å². The van der Waals surface area contributed by atoms with Crippen molar-refractivity contribution in [3.8, 4) is 0 Å². The predicted molar refractivity (Wildman–Crippen MR) is 81.2 cm³/mol. The fourth-order valence-electron chi connectivity index (χ4n) is 1.76. The molecule has 4 nitrogen and oxygen atoms in total. The van der Waals surface area contributed by atoms with E-state index in [4.69, 9.17) is 0 Å². The second kappa shape index (κ2) is 5.81. The summed E-state index contributed by atoms with van der Waals surface area (Å²) >= 11 is 1.36. The molecule has 0 bridgehead atoms. The lowest BCUT2D eigenvalue weighted by Crippen LogP contribution is -2.28. The number of hydrogen-bond acceptors (Lipinski definition) is 4. The molecule has 0 aliphatic rings. The van der Waals surface area contributed by atoms with Crippen LogP contribution in [-0.4, -0.2) is 16.1 Å². The van der Waals surface area contributed by atoms with E-state index in [0.717, 1.165) is 5.56 Å². The van der Waals surface area contributed by atoms with Crippen molar-refractivity contribution in [2.24, 2.45) is 0 Å². The number of aromatic nitrogens is 1. The van der Waals surface area contributed by atoms with Gasteiger partial charge < -0.3 is 10.4 Å². The SMILES string of the molecule is CC(Nc1nc(C(C)(C)C(=O)O)cs1)c1ccc(F)cc1. The third-order valence-corrected chi connectivity index (χ3v) is 4.16. The van der Waals surface area contributed by atoms with Gasteiger partial charge in [0.15, 0.2) is 5.13 Å². The van der Waals surface area contributed by atoms with Gasteiger partial charge in [-0.15, -0.1) is 11.3 Å². The molecule has 112 valence electrons. The van der Waals surface area contributed by atoms with Crippen molar-refractivity contribution in [2.45, 2.75) is 32.2 Å². The van der Waals surface area contributed by atoms with Gasteiger partial charge in [-0.1, -0.05) is 12.1 Å². The number of hydrogen-bond donors (Lipinski definition) is 2. The number of carbonyl (C=O) groups is 1. The van der Waals surface area contributed by atoms with Gasteiger partial charge in [0.2, 0.25) is 0 Å². The van der Waals surface area contributed by atoms with Crippen molar-refractivity contribution < 1.29 is 14.3 Å². The van der Waals surface area contributed by atoms with Gasteiger partial charge >= 0.3 is 5.97 Å². The summed E-state index contributed by atoms with van der Waals surface area (Å²) in [5.74, 6) is -1.18. The molecule has 1 unspecified atom stereocenters. The van der Waals surface area contributed by atoms with Crippen LogP contribution in [0.25, 0.3) is 0 Å². The fraction of sp³-hybridized carbons (Fsp3) is 0.333. The van der Waals surface area contributed by atoms with Crippen LogP contribution in [0, 0.1) is 5.82 Å². The number of anilines is 1. The number of carboxylic acid groups (broad SMARTS) is 1. The highest BCUT2D eigenvalue weighted by Gasteiger charge is 2.32. The number of thiazole rings is 1. The number of benzene rings is 1. The highest BCUT2D eigenvalue weighted by Crippen LogP contribution is 2.29. The number of nitrogens with zero attached hydrogens (tertiary/aromatic N) is 1. The third kappa shape index (κ3) is 3.39. The molecule has 0 amide bonds. The molecule has 0 aliphatic heterocycles. The van der Waals surface area contributed by atoms with Crippen LogP contribution in [0.5, 0.6) is 0 Å². The lowest BCUT2D eigenvalue weighted by atomic mass is 9.90. The Balaban J connectivity index is 2.12. The molecule has 1 aromatic carbocycles. The Morgan fingerprint density at radius 2 is 2.00 bits per heavy atom. The van der Waals surface area contributed by atoms with Gasteiger partial charge in [-0.3, -0.25) is 4.79 Å². The molecule has 1 aromatic heterocycles. The smallest absolute Gasteiger partial charge is 0.315 e. The molecule has 0 saturated heterocycles. The molecule has 0 radical (unpaired) electrons. The maximum atomic E-state index is 12.9. The van der Waals surface area contributed by atoms with Gasteiger partial charge in [-0.25, -0.2) is 9.37 Å². The highest BCUT2D eigenvalue weighted by molar-refractivity contribution is 7.13. The molecule has 2 aromatic rings. The Bertz CT molecular complexity index is 637. The van der Waals surface area contributed by atoms with E-state index in [2.05, 4.69) is 10.3 Å². The minimum absolute atomic E-state index is 0.0439. The quantitative estimate of drug-likeness (QED) is 0.881. The van der Waals surface area contributed by atoms with Crippen LogP contribution in [0.15, 0.2) is 29.6 Å². The molecule has 0 aliphatic carbocycles. The van der Waals surface area contributed by atoms with Gasteiger partial charge in [-0.05, 0) is 38.5 Å². The van der Waals surface area contributed by atoms with Gasteiger partial charge in [0.05, 0.1) is 11.7 Å².